The average molecular weight is 296 g/mol. The maximum absolute atomic E-state index is 13.9. The van der Waals surface area contributed by atoms with Crippen LogP contribution in [0.2, 0.25) is 0 Å². The van der Waals surface area contributed by atoms with Gasteiger partial charge in [0.15, 0.2) is 0 Å². The number of rotatable bonds is 2. The Bertz CT molecular complexity index is 643. The summed E-state index contributed by atoms with van der Waals surface area (Å²) in [7, 11) is 2.67. The highest BCUT2D eigenvalue weighted by Crippen LogP contribution is 2.32. The van der Waals surface area contributed by atoms with Crippen LogP contribution in [0, 0.1) is 11.6 Å². The third kappa shape index (κ3) is 2.58. The van der Waals surface area contributed by atoms with Crippen molar-refractivity contribution in [2.24, 2.45) is 0 Å². The van der Waals surface area contributed by atoms with Crippen LogP contribution in [0.25, 0.3) is 0 Å². The molecule has 0 saturated heterocycles. The Kier molecular flexibility index (Phi) is 3.93. The lowest BCUT2D eigenvalue weighted by atomic mass is 9.94. The Morgan fingerprint density at radius 1 is 1.38 bits per heavy atom. The third-order valence-electron chi connectivity index (χ3n) is 3.43. The molecule has 0 spiro atoms. The molecule has 7 heteroatoms. The van der Waals surface area contributed by atoms with E-state index in [0.29, 0.717) is 11.8 Å². The zero-order chi connectivity index (χ0) is 15.7. The van der Waals surface area contributed by atoms with Crippen molar-refractivity contribution >= 4 is 12.0 Å². The summed E-state index contributed by atoms with van der Waals surface area (Å²) < 4.78 is 31.6. The Morgan fingerprint density at radius 2 is 2.05 bits per heavy atom. The molecule has 1 aromatic rings. The second-order valence-corrected chi connectivity index (χ2v) is 4.60. The van der Waals surface area contributed by atoms with Crippen LogP contribution in [-0.2, 0) is 9.53 Å². The molecule has 112 valence electrons. The number of hydrogen-bond acceptors (Lipinski definition) is 3. The molecule has 0 aromatic heterocycles. The number of esters is 1. The van der Waals surface area contributed by atoms with E-state index in [1.807, 2.05) is 0 Å². The van der Waals surface area contributed by atoms with Gasteiger partial charge < -0.3 is 15.0 Å². The van der Waals surface area contributed by atoms with Crippen LogP contribution in [0.4, 0.5) is 13.6 Å². The summed E-state index contributed by atoms with van der Waals surface area (Å²) in [5, 5.41) is 2.50. The van der Waals surface area contributed by atoms with Crippen LogP contribution in [-0.4, -0.2) is 31.1 Å². The van der Waals surface area contributed by atoms with Crippen molar-refractivity contribution < 1.29 is 23.1 Å². The Hall–Kier alpha value is -2.44. The smallest absolute Gasteiger partial charge is 0.337 e. The second kappa shape index (κ2) is 5.51. The highest BCUT2D eigenvalue weighted by atomic mass is 19.1. The zero-order valence-corrected chi connectivity index (χ0v) is 11.7. The number of nitrogens with zero attached hydrogens (tertiary/aromatic N) is 1. The first-order valence-corrected chi connectivity index (χ1v) is 6.15. The number of ether oxygens (including phenoxy) is 1. The zero-order valence-electron chi connectivity index (χ0n) is 11.7. The van der Waals surface area contributed by atoms with Gasteiger partial charge in [-0.25, -0.2) is 18.4 Å². The topological polar surface area (TPSA) is 58.6 Å². The minimum Gasteiger partial charge on any atom is -0.466 e. The van der Waals surface area contributed by atoms with Crippen molar-refractivity contribution in [3.8, 4) is 0 Å². The van der Waals surface area contributed by atoms with Gasteiger partial charge in [-0.05, 0) is 13.0 Å². The van der Waals surface area contributed by atoms with Gasteiger partial charge in [0.25, 0.3) is 0 Å². The van der Waals surface area contributed by atoms with Crippen LogP contribution in [0.15, 0.2) is 29.5 Å². The van der Waals surface area contributed by atoms with E-state index in [4.69, 9.17) is 0 Å². The first-order valence-electron chi connectivity index (χ1n) is 6.15. The summed E-state index contributed by atoms with van der Waals surface area (Å²) in [6.45, 7) is 1.55. The maximum Gasteiger partial charge on any atom is 0.337 e. The molecule has 1 N–H and O–H groups in total. The summed E-state index contributed by atoms with van der Waals surface area (Å²) >= 11 is 0. The predicted octanol–water partition coefficient (Wildman–Crippen LogP) is 2.11. The number of halogens is 2. The SMILES string of the molecule is COC(=O)C1=C(C)N(C)C(=O)N[C@H]1c1ccc(F)cc1F. The molecule has 0 saturated carbocycles. The fourth-order valence-corrected chi connectivity index (χ4v) is 2.18. The van der Waals surface area contributed by atoms with E-state index in [1.54, 1.807) is 6.92 Å². The molecule has 5 nitrogen and oxygen atoms in total. The van der Waals surface area contributed by atoms with E-state index in [2.05, 4.69) is 10.1 Å². The minimum atomic E-state index is -1.03. The number of nitrogens with one attached hydrogen (secondary N) is 1. The molecule has 0 unspecified atom stereocenters. The van der Waals surface area contributed by atoms with E-state index in [-0.39, 0.29) is 11.1 Å². The Morgan fingerprint density at radius 3 is 2.62 bits per heavy atom. The summed E-state index contributed by atoms with van der Waals surface area (Å²) in [5.41, 5.74) is 0.446. The molecule has 1 aliphatic rings. The molecule has 1 atom stereocenters. The Labute approximate surface area is 120 Å². The lowest BCUT2D eigenvalue weighted by Crippen LogP contribution is -2.46. The van der Waals surface area contributed by atoms with Crippen LogP contribution >= 0.6 is 0 Å². The fourth-order valence-electron chi connectivity index (χ4n) is 2.18. The van der Waals surface area contributed by atoms with Crippen molar-refractivity contribution in [1.29, 1.82) is 0 Å². The lowest BCUT2D eigenvalue weighted by Gasteiger charge is -2.33. The molecule has 1 aliphatic heterocycles. The molecule has 0 radical (unpaired) electrons. The van der Waals surface area contributed by atoms with E-state index >= 15 is 0 Å². The largest absolute Gasteiger partial charge is 0.466 e. The standard InChI is InChI=1S/C14H14F2N2O3/c1-7-11(13(19)21-3)12(17-14(20)18(7)2)9-5-4-8(15)6-10(9)16/h4-6,12H,1-3H3,(H,17,20)/t12-/m0/s1. The van der Waals surface area contributed by atoms with Gasteiger partial charge in [-0.1, -0.05) is 6.07 Å². The van der Waals surface area contributed by atoms with Gasteiger partial charge in [-0.2, -0.15) is 0 Å². The monoisotopic (exact) mass is 296 g/mol. The summed E-state index contributed by atoms with van der Waals surface area (Å²) in [5.74, 6) is -2.28. The molecule has 21 heavy (non-hydrogen) atoms. The van der Waals surface area contributed by atoms with Crippen molar-refractivity contribution in [1.82, 2.24) is 10.2 Å². The number of urea groups is 1. The van der Waals surface area contributed by atoms with Gasteiger partial charge in [-0.3, -0.25) is 0 Å². The molecule has 0 aliphatic carbocycles. The van der Waals surface area contributed by atoms with E-state index < -0.39 is 29.7 Å². The van der Waals surface area contributed by atoms with Crippen LogP contribution in [0.5, 0.6) is 0 Å². The predicted molar refractivity (Wildman–Crippen MR) is 70.1 cm³/mol. The van der Waals surface area contributed by atoms with Crippen molar-refractivity contribution in [3.63, 3.8) is 0 Å². The molecular formula is C14H14F2N2O3. The Balaban J connectivity index is 2.59. The number of carbonyl (C=O) groups is 2. The van der Waals surface area contributed by atoms with Crippen LogP contribution < -0.4 is 5.32 Å². The summed E-state index contributed by atoms with van der Waals surface area (Å²) in [6.07, 6.45) is 0. The normalized spacial score (nSPS) is 18.6. The summed E-state index contributed by atoms with van der Waals surface area (Å²) in [4.78, 5) is 25.0. The van der Waals surface area contributed by atoms with Crippen molar-refractivity contribution in [2.75, 3.05) is 14.2 Å². The van der Waals surface area contributed by atoms with Gasteiger partial charge in [0.2, 0.25) is 0 Å². The maximum atomic E-state index is 13.9. The summed E-state index contributed by atoms with van der Waals surface area (Å²) in [6, 6.07) is 1.43. The van der Waals surface area contributed by atoms with Gasteiger partial charge in [-0.15, -0.1) is 0 Å². The molecular weight excluding hydrogens is 282 g/mol. The van der Waals surface area contributed by atoms with E-state index in [0.717, 1.165) is 6.07 Å². The van der Waals surface area contributed by atoms with Gasteiger partial charge in [0.1, 0.15) is 11.6 Å². The quantitative estimate of drug-likeness (QED) is 0.850. The third-order valence-corrected chi connectivity index (χ3v) is 3.43. The van der Waals surface area contributed by atoms with Crippen LogP contribution in [0.1, 0.15) is 18.5 Å². The fraction of sp³-hybridized carbons (Fsp3) is 0.286. The first kappa shape index (κ1) is 15.0. The number of allylic oxidation sites excluding steroid dienone is 1. The molecule has 0 bridgehead atoms. The molecule has 2 amide bonds. The van der Waals surface area contributed by atoms with Crippen molar-refractivity contribution in [3.05, 3.63) is 46.7 Å². The first-order chi connectivity index (χ1) is 9.86. The minimum absolute atomic E-state index is 0.00222. The van der Waals surface area contributed by atoms with Gasteiger partial charge in [0, 0.05) is 24.4 Å². The molecule has 0 fully saturated rings. The number of carbonyl (C=O) groups excluding carboxylic acids is 2. The number of amides is 2. The molecule has 2 rings (SSSR count). The number of benzene rings is 1. The molecule has 1 aromatic carbocycles. The van der Waals surface area contributed by atoms with E-state index in [1.165, 1.54) is 25.1 Å². The van der Waals surface area contributed by atoms with Crippen molar-refractivity contribution in [2.45, 2.75) is 13.0 Å². The second-order valence-electron chi connectivity index (χ2n) is 4.60. The lowest BCUT2D eigenvalue weighted by molar-refractivity contribution is -0.136. The van der Waals surface area contributed by atoms with E-state index in [9.17, 15) is 18.4 Å². The highest BCUT2D eigenvalue weighted by Gasteiger charge is 2.36. The van der Waals surface area contributed by atoms with Crippen LogP contribution in [0.3, 0.4) is 0 Å². The van der Waals surface area contributed by atoms with Gasteiger partial charge in [0.05, 0.1) is 18.7 Å². The van der Waals surface area contributed by atoms with Gasteiger partial charge >= 0.3 is 12.0 Å². The number of hydrogen-bond donors (Lipinski definition) is 1. The number of methoxy groups -OCH3 is 1. The highest BCUT2D eigenvalue weighted by molar-refractivity contribution is 5.94. The molecule has 1 heterocycles. The average Bonchev–Trinajstić information content (AvgIpc) is 2.44.